The summed E-state index contributed by atoms with van der Waals surface area (Å²) in [7, 11) is 0. The Morgan fingerprint density at radius 1 is 0.960 bits per heavy atom. The van der Waals surface area contributed by atoms with E-state index in [1.54, 1.807) is 6.92 Å². The standard InChI is InChI=1S/C18H32N4O3/c1-15-13-22(11-12-25-15)17-3-5-19(6-4-17)14-18(24)21-9-7-20(8-10-21)16(2)23/h15,17H,3-14H2,1-2H3. The highest BCUT2D eigenvalue weighted by molar-refractivity contribution is 5.79. The SMILES string of the molecule is CC(=O)N1CCN(C(=O)CN2CCC(N3CCOC(C)C3)CC2)CC1. The van der Waals surface area contributed by atoms with Crippen LogP contribution in [0.1, 0.15) is 26.7 Å². The number of nitrogens with zero attached hydrogens (tertiary/aromatic N) is 4. The lowest BCUT2D eigenvalue weighted by Gasteiger charge is -2.42. The zero-order valence-electron chi connectivity index (χ0n) is 15.7. The third-order valence-electron chi connectivity index (χ3n) is 5.78. The van der Waals surface area contributed by atoms with Gasteiger partial charge in [-0.05, 0) is 19.8 Å². The van der Waals surface area contributed by atoms with Crippen molar-refractivity contribution in [3.8, 4) is 0 Å². The molecule has 3 saturated heterocycles. The molecule has 0 spiro atoms. The Morgan fingerprint density at radius 2 is 1.60 bits per heavy atom. The molecule has 2 amide bonds. The number of hydrogen-bond donors (Lipinski definition) is 0. The van der Waals surface area contributed by atoms with Gasteiger partial charge in [0.1, 0.15) is 0 Å². The fourth-order valence-corrected chi connectivity index (χ4v) is 4.18. The summed E-state index contributed by atoms with van der Waals surface area (Å²) in [5, 5.41) is 0. The molecule has 3 rings (SSSR count). The van der Waals surface area contributed by atoms with E-state index in [0.29, 0.717) is 44.9 Å². The highest BCUT2D eigenvalue weighted by Crippen LogP contribution is 2.19. The van der Waals surface area contributed by atoms with Crippen LogP contribution in [0.25, 0.3) is 0 Å². The summed E-state index contributed by atoms with van der Waals surface area (Å²) in [4.78, 5) is 32.5. The molecule has 0 N–H and O–H groups in total. The minimum Gasteiger partial charge on any atom is -0.376 e. The van der Waals surface area contributed by atoms with Gasteiger partial charge in [-0.1, -0.05) is 0 Å². The number of carbonyl (C=O) groups excluding carboxylic acids is 2. The van der Waals surface area contributed by atoms with E-state index in [0.717, 1.165) is 45.6 Å². The van der Waals surface area contributed by atoms with Crippen molar-refractivity contribution in [2.24, 2.45) is 0 Å². The molecule has 3 aliphatic rings. The van der Waals surface area contributed by atoms with Crippen molar-refractivity contribution in [3.05, 3.63) is 0 Å². The number of carbonyl (C=O) groups is 2. The van der Waals surface area contributed by atoms with E-state index in [9.17, 15) is 9.59 Å². The predicted octanol–water partition coefficient (Wildman–Crippen LogP) is -0.138. The summed E-state index contributed by atoms with van der Waals surface area (Å²) >= 11 is 0. The van der Waals surface area contributed by atoms with Gasteiger partial charge in [0.15, 0.2) is 0 Å². The number of piperidine rings is 1. The monoisotopic (exact) mass is 352 g/mol. The van der Waals surface area contributed by atoms with Gasteiger partial charge >= 0.3 is 0 Å². The van der Waals surface area contributed by atoms with Crippen LogP contribution in [0, 0.1) is 0 Å². The van der Waals surface area contributed by atoms with Gasteiger partial charge in [-0.15, -0.1) is 0 Å². The number of morpholine rings is 1. The lowest BCUT2D eigenvalue weighted by atomic mass is 10.0. The predicted molar refractivity (Wildman–Crippen MR) is 95.3 cm³/mol. The molecule has 1 atom stereocenters. The molecule has 0 radical (unpaired) electrons. The minimum absolute atomic E-state index is 0.103. The number of likely N-dealkylation sites (tertiary alicyclic amines) is 1. The largest absolute Gasteiger partial charge is 0.376 e. The zero-order chi connectivity index (χ0) is 17.8. The smallest absolute Gasteiger partial charge is 0.236 e. The summed E-state index contributed by atoms with van der Waals surface area (Å²) in [6.07, 6.45) is 2.61. The first kappa shape index (κ1) is 18.6. The number of amides is 2. The molecular formula is C18H32N4O3. The summed E-state index contributed by atoms with van der Waals surface area (Å²) in [5.74, 6) is 0.313. The van der Waals surface area contributed by atoms with Gasteiger partial charge in [-0.25, -0.2) is 0 Å². The van der Waals surface area contributed by atoms with Crippen LogP contribution in [0.4, 0.5) is 0 Å². The highest BCUT2D eigenvalue weighted by atomic mass is 16.5. The van der Waals surface area contributed by atoms with Gasteiger partial charge in [0.25, 0.3) is 0 Å². The van der Waals surface area contributed by atoms with Crippen LogP contribution >= 0.6 is 0 Å². The van der Waals surface area contributed by atoms with Crippen LogP contribution in [0.5, 0.6) is 0 Å². The number of hydrogen-bond acceptors (Lipinski definition) is 5. The van der Waals surface area contributed by atoms with Crippen LogP contribution in [-0.4, -0.2) is 109 Å². The number of ether oxygens (including phenoxy) is 1. The maximum atomic E-state index is 12.5. The molecule has 3 aliphatic heterocycles. The molecule has 0 aliphatic carbocycles. The van der Waals surface area contributed by atoms with Crippen molar-refractivity contribution in [1.82, 2.24) is 19.6 Å². The van der Waals surface area contributed by atoms with Gasteiger partial charge in [0.05, 0.1) is 19.3 Å². The summed E-state index contributed by atoms with van der Waals surface area (Å²) < 4.78 is 5.64. The Bertz CT molecular complexity index is 471. The first-order valence-corrected chi connectivity index (χ1v) is 9.64. The van der Waals surface area contributed by atoms with Crippen LogP contribution < -0.4 is 0 Å². The second-order valence-corrected chi connectivity index (χ2v) is 7.57. The molecule has 7 heteroatoms. The molecule has 3 fully saturated rings. The molecule has 142 valence electrons. The lowest BCUT2D eigenvalue weighted by molar-refractivity contribution is -0.139. The van der Waals surface area contributed by atoms with Crippen LogP contribution in [0.15, 0.2) is 0 Å². The summed E-state index contributed by atoms with van der Waals surface area (Å²) in [5.41, 5.74) is 0. The van der Waals surface area contributed by atoms with Crippen molar-refractivity contribution in [1.29, 1.82) is 0 Å². The normalized spacial score (nSPS) is 27.5. The van der Waals surface area contributed by atoms with Crippen LogP contribution in [0.3, 0.4) is 0 Å². The zero-order valence-corrected chi connectivity index (χ0v) is 15.7. The number of piperazine rings is 1. The van der Waals surface area contributed by atoms with Crippen LogP contribution in [0.2, 0.25) is 0 Å². The molecule has 0 saturated carbocycles. The van der Waals surface area contributed by atoms with Crippen molar-refractivity contribution < 1.29 is 14.3 Å². The maximum Gasteiger partial charge on any atom is 0.236 e. The first-order valence-electron chi connectivity index (χ1n) is 9.64. The summed E-state index contributed by atoms with van der Waals surface area (Å²) in [6.45, 7) is 11.8. The topological polar surface area (TPSA) is 56.3 Å². The lowest BCUT2D eigenvalue weighted by Crippen LogP contribution is -2.54. The Hall–Kier alpha value is -1.18. The molecular weight excluding hydrogens is 320 g/mol. The van der Waals surface area contributed by atoms with Crippen LogP contribution in [-0.2, 0) is 14.3 Å². The molecule has 0 aromatic carbocycles. The Morgan fingerprint density at radius 3 is 2.20 bits per heavy atom. The molecule has 25 heavy (non-hydrogen) atoms. The molecule has 1 unspecified atom stereocenters. The molecule has 3 heterocycles. The van der Waals surface area contributed by atoms with Gasteiger partial charge < -0.3 is 14.5 Å². The highest BCUT2D eigenvalue weighted by Gasteiger charge is 2.29. The maximum absolute atomic E-state index is 12.5. The van der Waals surface area contributed by atoms with Crippen molar-refractivity contribution in [3.63, 3.8) is 0 Å². The fourth-order valence-electron chi connectivity index (χ4n) is 4.18. The van der Waals surface area contributed by atoms with E-state index >= 15 is 0 Å². The average molecular weight is 352 g/mol. The summed E-state index contributed by atoms with van der Waals surface area (Å²) in [6, 6.07) is 0.636. The number of rotatable bonds is 3. The Labute approximate surface area is 150 Å². The van der Waals surface area contributed by atoms with Gasteiger partial charge in [-0.2, -0.15) is 0 Å². The van der Waals surface area contributed by atoms with E-state index in [1.165, 1.54) is 0 Å². The molecule has 0 bridgehead atoms. The average Bonchev–Trinajstić information content (AvgIpc) is 2.62. The van der Waals surface area contributed by atoms with Gasteiger partial charge in [0, 0.05) is 65.3 Å². The minimum atomic E-state index is 0.103. The molecule has 7 nitrogen and oxygen atoms in total. The quantitative estimate of drug-likeness (QED) is 0.708. The second-order valence-electron chi connectivity index (χ2n) is 7.57. The third-order valence-corrected chi connectivity index (χ3v) is 5.78. The van der Waals surface area contributed by atoms with E-state index in [1.807, 2.05) is 9.80 Å². The van der Waals surface area contributed by atoms with E-state index < -0.39 is 0 Å². The molecule has 0 aromatic heterocycles. The molecule has 0 aromatic rings. The van der Waals surface area contributed by atoms with E-state index in [2.05, 4.69) is 16.7 Å². The van der Waals surface area contributed by atoms with Crippen molar-refractivity contribution in [2.75, 3.05) is 65.5 Å². The Balaban J connectivity index is 1.39. The second kappa shape index (κ2) is 8.47. The van der Waals surface area contributed by atoms with Gasteiger partial charge in [-0.3, -0.25) is 19.4 Å². The van der Waals surface area contributed by atoms with Crippen molar-refractivity contribution >= 4 is 11.8 Å². The Kier molecular flexibility index (Phi) is 6.30. The van der Waals surface area contributed by atoms with E-state index in [4.69, 9.17) is 4.74 Å². The van der Waals surface area contributed by atoms with Gasteiger partial charge in [0.2, 0.25) is 11.8 Å². The third kappa shape index (κ3) is 4.92. The van der Waals surface area contributed by atoms with E-state index in [-0.39, 0.29) is 11.8 Å². The fraction of sp³-hybridized carbons (Fsp3) is 0.889. The van der Waals surface area contributed by atoms with Crippen molar-refractivity contribution in [2.45, 2.75) is 38.8 Å². The first-order chi connectivity index (χ1) is 12.0.